The zero-order chi connectivity index (χ0) is 20.3. The Hall–Kier alpha value is -3.06. The quantitative estimate of drug-likeness (QED) is 0.643. The number of carbonyl (C=O) groups excluding carboxylic acids is 1. The lowest BCUT2D eigenvalue weighted by Gasteiger charge is -2.25. The Morgan fingerprint density at radius 2 is 2.04 bits per heavy atom. The third kappa shape index (κ3) is 4.26. The van der Waals surface area contributed by atoms with Crippen LogP contribution in [0.2, 0.25) is 0 Å². The maximum absolute atomic E-state index is 14.5. The van der Waals surface area contributed by atoms with Gasteiger partial charge in [0.05, 0.1) is 6.61 Å². The maximum Gasteiger partial charge on any atom is 0.340 e. The van der Waals surface area contributed by atoms with E-state index in [2.05, 4.69) is 10.1 Å². The minimum atomic E-state index is -0.348. The molecule has 0 saturated heterocycles. The lowest BCUT2D eigenvalue weighted by atomic mass is 10.00. The number of carbonyl (C=O) groups is 1. The third-order valence-corrected chi connectivity index (χ3v) is 4.53. The molecule has 2 N–H and O–H groups in total. The van der Waals surface area contributed by atoms with Gasteiger partial charge in [0.2, 0.25) is 0 Å². The summed E-state index contributed by atoms with van der Waals surface area (Å²) in [6.45, 7) is 4.07. The van der Waals surface area contributed by atoms with E-state index in [0.29, 0.717) is 23.2 Å². The smallest absolute Gasteiger partial charge is 0.340 e. The predicted octanol–water partition coefficient (Wildman–Crippen LogP) is 2.58. The molecule has 0 spiro atoms. The molecule has 1 aromatic heterocycles. The highest BCUT2D eigenvalue weighted by Crippen LogP contribution is 2.26. The minimum Gasteiger partial charge on any atom is -0.392 e. The molecule has 7 heteroatoms. The summed E-state index contributed by atoms with van der Waals surface area (Å²) in [7, 11) is 1.76. The first-order valence-electron chi connectivity index (χ1n) is 9.09. The van der Waals surface area contributed by atoms with E-state index in [1.54, 1.807) is 53.0 Å². The molecule has 0 saturated carbocycles. The molecule has 0 aliphatic rings. The van der Waals surface area contributed by atoms with Crippen molar-refractivity contribution in [2.75, 3.05) is 0 Å². The average Bonchev–Trinajstić information content (AvgIpc) is 3.13. The van der Waals surface area contributed by atoms with Gasteiger partial charge in [0.25, 0.3) is 0 Å². The summed E-state index contributed by atoms with van der Waals surface area (Å²) in [4.78, 5) is 18.6. The van der Waals surface area contributed by atoms with Crippen LogP contribution in [0.25, 0.3) is 11.1 Å². The second-order valence-electron chi connectivity index (χ2n) is 7.02. The summed E-state index contributed by atoms with van der Waals surface area (Å²) < 4.78 is 16.1. The lowest BCUT2D eigenvalue weighted by molar-refractivity contribution is -0.728. The fourth-order valence-corrected chi connectivity index (χ4v) is 3.02. The van der Waals surface area contributed by atoms with Crippen molar-refractivity contribution in [2.24, 2.45) is 7.05 Å². The fourth-order valence-electron chi connectivity index (χ4n) is 3.02. The summed E-state index contributed by atoms with van der Waals surface area (Å²) in [6.07, 6.45) is 1.54. The van der Waals surface area contributed by atoms with E-state index in [1.165, 1.54) is 12.4 Å². The predicted molar refractivity (Wildman–Crippen MR) is 103 cm³/mol. The summed E-state index contributed by atoms with van der Waals surface area (Å²) in [6, 6.07) is 11.9. The van der Waals surface area contributed by atoms with E-state index in [-0.39, 0.29) is 30.2 Å². The van der Waals surface area contributed by atoms with E-state index in [1.807, 2.05) is 13.8 Å². The van der Waals surface area contributed by atoms with Crippen LogP contribution in [0.1, 0.15) is 35.6 Å². The van der Waals surface area contributed by atoms with Crippen molar-refractivity contribution in [1.29, 1.82) is 0 Å². The molecule has 0 fully saturated rings. The molecule has 1 heterocycles. The Morgan fingerprint density at radius 1 is 1.25 bits per heavy atom. The van der Waals surface area contributed by atoms with Crippen molar-refractivity contribution in [3.8, 4) is 11.1 Å². The van der Waals surface area contributed by atoms with Crippen LogP contribution >= 0.6 is 0 Å². The highest BCUT2D eigenvalue weighted by molar-refractivity contribution is 5.90. The fraction of sp³-hybridized carbons (Fsp3) is 0.286. The largest absolute Gasteiger partial charge is 0.392 e. The monoisotopic (exact) mass is 383 g/mol. The van der Waals surface area contributed by atoms with Crippen LogP contribution < -0.4 is 4.68 Å². The van der Waals surface area contributed by atoms with Crippen molar-refractivity contribution >= 4 is 5.91 Å². The SMILES string of the molecule is CC(C)N(Cc1ccc(F)c(-c2cccc(CO)c2)c1)C(=O)c1nc[n+](C)[nH]1. The summed E-state index contributed by atoms with van der Waals surface area (Å²) >= 11 is 0. The first-order valence-corrected chi connectivity index (χ1v) is 9.09. The second kappa shape index (κ2) is 8.31. The highest BCUT2D eigenvalue weighted by atomic mass is 19.1. The number of rotatable bonds is 6. The van der Waals surface area contributed by atoms with E-state index in [9.17, 15) is 14.3 Å². The molecule has 3 rings (SSSR count). The van der Waals surface area contributed by atoms with Crippen LogP contribution in [-0.2, 0) is 20.2 Å². The van der Waals surface area contributed by atoms with Crippen LogP contribution in [0, 0.1) is 5.82 Å². The molecule has 2 aromatic carbocycles. The van der Waals surface area contributed by atoms with Gasteiger partial charge < -0.3 is 10.0 Å². The average molecular weight is 383 g/mol. The van der Waals surface area contributed by atoms with Gasteiger partial charge in [-0.05, 0) is 53.7 Å². The Labute approximate surface area is 163 Å². The van der Waals surface area contributed by atoms with E-state index in [0.717, 1.165) is 5.56 Å². The van der Waals surface area contributed by atoms with Crippen LogP contribution in [0.15, 0.2) is 48.8 Å². The van der Waals surface area contributed by atoms with Gasteiger partial charge in [0.15, 0.2) is 0 Å². The Bertz CT molecular complexity index is 984. The molecule has 1 amide bonds. The van der Waals surface area contributed by atoms with Crippen molar-refractivity contribution < 1.29 is 19.0 Å². The number of aliphatic hydroxyl groups excluding tert-OH is 1. The Morgan fingerprint density at radius 3 is 2.68 bits per heavy atom. The third-order valence-electron chi connectivity index (χ3n) is 4.53. The number of nitrogens with one attached hydrogen (secondary N) is 1. The minimum absolute atomic E-state index is 0.0610. The molecule has 0 radical (unpaired) electrons. The molecular weight excluding hydrogens is 359 g/mol. The first-order chi connectivity index (χ1) is 13.4. The number of aromatic amines is 1. The molecule has 146 valence electrons. The molecule has 28 heavy (non-hydrogen) atoms. The zero-order valence-corrected chi connectivity index (χ0v) is 16.2. The number of amides is 1. The van der Waals surface area contributed by atoms with Crippen LogP contribution in [0.4, 0.5) is 4.39 Å². The number of aryl methyl sites for hydroxylation is 1. The van der Waals surface area contributed by atoms with Gasteiger partial charge in [-0.2, -0.15) is 9.78 Å². The van der Waals surface area contributed by atoms with Crippen LogP contribution in [0.3, 0.4) is 0 Å². The Balaban J connectivity index is 1.91. The van der Waals surface area contributed by atoms with Gasteiger partial charge >= 0.3 is 18.1 Å². The number of aromatic nitrogens is 3. The van der Waals surface area contributed by atoms with Gasteiger partial charge in [-0.1, -0.05) is 24.3 Å². The van der Waals surface area contributed by atoms with Gasteiger partial charge in [-0.15, -0.1) is 0 Å². The van der Waals surface area contributed by atoms with Gasteiger partial charge in [0.1, 0.15) is 12.9 Å². The first kappa shape index (κ1) is 19.7. The lowest BCUT2D eigenvalue weighted by Crippen LogP contribution is -2.38. The maximum atomic E-state index is 14.5. The number of halogens is 1. The van der Waals surface area contributed by atoms with Gasteiger partial charge in [-0.25, -0.2) is 4.39 Å². The van der Waals surface area contributed by atoms with Crippen LogP contribution in [-0.4, -0.2) is 32.0 Å². The highest BCUT2D eigenvalue weighted by Gasteiger charge is 2.26. The number of aliphatic hydroxyl groups is 1. The zero-order valence-electron chi connectivity index (χ0n) is 16.2. The van der Waals surface area contributed by atoms with Crippen molar-refractivity contribution in [3.63, 3.8) is 0 Å². The summed E-state index contributed by atoms with van der Waals surface area (Å²) in [5.41, 5.74) is 2.65. The van der Waals surface area contributed by atoms with E-state index in [4.69, 9.17) is 0 Å². The Kier molecular flexibility index (Phi) is 5.84. The van der Waals surface area contributed by atoms with Crippen LogP contribution in [0.5, 0.6) is 0 Å². The topological polar surface area (TPSA) is 73.1 Å². The number of hydrogen-bond acceptors (Lipinski definition) is 3. The summed E-state index contributed by atoms with van der Waals surface area (Å²) in [5, 5.41) is 12.2. The molecular formula is C21H24FN4O2+. The molecule has 0 unspecified atom stereocenters. The number of hydrogen-bond donors (Lipinski definition) is 2. The second-order valence-corrected chi connectivity index (χ2v) is 7.02. The molecule has 0 atom stereocenters. The normalized spacial score (nSPS) is 11.1. The van der Waals surface area contributed by atoms with Gasteiger partial charge in [0, 0.05) is 18.2 Å². The molecule has 0 aliphatic heterocycles. The molecule has 6 nitrogen and oxygen atoms in total. The standard InChI is InChI=1S/C21H23FN4O2/c1-14(2)26(21(28)20-23-13-25(3)24-20)11-15-7-8-19(22)18(10-15)17-6-4-5-16(9-17)12-27/h4-10,13-14,27H,11-12H2,1-3H3/p+1. The summed E-state index contributed by atoms with van der Waals surface area (Å²) in [5.74, 6) is -0.308. The molecule has 3 aromatic rings. The molecule has 0 aliphatic carbocycles. The number of nitrogens with zero attached hydrogens (tertiary/aromatic N) is 3. The van der Waals surface area contributed by atoms with Crippen molar-refractivity contribution in [1.82, 2.24) is 15.0 Å². The van der Waals surface area contributed by atoms with E-state index < -0.39 is 0 Å². The van der Waals surface area contributed by atoms with Crippen molar-refractivity contribution in [2.45, 2.75) is 33.0 Å². The molecule has 0 bridgehead atoms. The van der Waals surface area contributed by atoms with Gasteiger partial charge in [-0.3, -0.25) is 4.79 Å². The van der Waals surface area contributed by atoms with Crippen molar-refractivity contribution in [3.05, 3.63) is 71.6 Å². The number of benzene rings is 2. The van der Waals surface area contributed by atoms with E-state index >= 15 is 0 Å². The number of H-pyrrole nitrogens is 1.